The van der Waals surface area contributed by atoms with Gasteiger partial charge in [-0.15, -0.1) is 5.10 Å². The molecular formula is C22H28F2N6O4S. The zero-order valence-corrected chi connectivity index (χ0v) is 20.0. The van der Waals surface area contributed by atoms with Crippen molar-refractivity contribution in [2.75, 3.05) is 30.8 Å². The van der Waals surface area contributed by atoms with E-state index in [1.807, 2.05) is 6.92 Å². The van der Waals surface area contributed by atoms with E-state index in [1.54, 1.807) is 0 Å². The first-order valence-electron chi connectivity index (χ1n) is 11.4. The Morgan fingerprint density at radius 3 is 2.77 bits per heavy atom. The van der Waals surface area contributed by atoms with E-state index in [1.165, 1.54) is 22.5 Å². The van der Waals surface area contributed by atoms with Gasteiger partial charge in [-0.3, -0.25) is 0 Å². The lowest BCUT2D eigenvalue weighted by atomic mass is 10.1. The Bertz CT molecular complexity index is 1150. The zero-order valence-electron chi connectivity index (χ0n) is 19.1. The maximum Gasteiger partial charge on any atom is 0.191 e. The van der Waals surface area contributed by atoms with Crippen LogP contribution in [0.5, 0.6) is 0 Å². The highest BCUT2D eigenvalue weighted by Gasteiger charge is 2.44. The van der Waals surface area contributed by atoms with Crippen LogP contribution in [0, 0.1) is 11.6 Å². The van der Waals surface area contributed by atoms with Gasteiger partial charge in [-0.1, -0.05) is 30.0 Å². The molecule has 2 aromatic heterocycles. The topological polar surface area (TPSA) is 138 Å². The van der Waals surface area contributed by atoms with Crippen molar-refractivity contribution < 1.29 is 28.8 Å². The van der Waals surface area contributed by atoms with Gasteiger partial charge in [0.25, 0.3) is 0 Å². The van der Waals surface area contributed by atoms with Crippen LogP contribution >= 0.6 is 11.8 Å². The van der Waals surface area contributed by atoms with Gasteiger partial charge in [0.05, 0.1) is 25.4 Å². The van der Waals surface area contributed by atoms with Crippen molar-refractivity contribution in [1.82, 2.24) is 25.0 Å². The third-order valence-electron chi connectivity index (χ3n) is 5.76. The molecule has 0 saturated heterocycles. The summed E-state index contributed by atoms with van der Waals surface area (Å²) in [5, 5.41) is 42.1. The van der Waals surface area contributed by atoms with Crippen LogP contribution in [-0.2, 0) is 11.2 Å². The van der Waals surface area contributed by atoms with Crippen LogP contribution in [-0.4, -0.2) is 84.1 Å². The van der Waals surface area contributed by atoms with E-state index in [0.29, 0.717) is 40.7 Å². The van der Waals surface area contributed by atoms with E-state index in [-0.39, 0.29) is 19.6 Å². The Hall–Kier alpha value is -2.45. The molecular weight excluding hydrogens is 482 g/mol. The molecule has 1 aromatic carbocycles. The normalized spacial score (nSPS) is 22.2. The number of halogens is 2. The third-order valence-corrected chi connectivity index (χ3v) is 6.82. The van der Waals surface area contributed by atoms with Crippen molar-refractivity contribution in [2.24, 2.45) is 0 Å². The Labute approximate surface area is 204 Å². The second-order valence-corrected chi connectivity index (χ2v) is 9.31. The van der Waals surface area contributed by atoms with E-state index in [2.05, 4.69) is 25.6 Å². The van der Waals surface area contributed by atoms with Gasteiger partial charge < -0.3 is 25.4 Å². The number of aromatic nitrogens is 5. The average molecular weight is 511 g/mol. The summed E-state index contributed by atoms with van der Waals surface area (Å²) in [5.74, 6) is -0.560. The second-order valence-electron chi connectivity index (χ2n) is 8.25. The van der Waals surface area contributed by atoms with Gasteiger partial charge in [0.15, 0.2) is 33.8 Å². The van der Waals surface area contributed by atoms with Gasteiger partial charge in [0.2, 0.25) is 0 Å². The van der Waals surface area contributed by atoms with Crippen LogP contribution in [0.1, 0.15) is 31.4 Å². The number of hydrogen-bond acceptors (Lipinski definition) is 10. The fourth-order valence-corrected chi connectivity index (χ4v) is 4.71. The lowest BCUT2D eigenvalue weighted by Gasteiger charge is -2.17. The average Bonchev–Trinajstić information content (AvgIpc) is 3.39. The number of aliphatic hydroxyl groups excluding tert-OH is 3. The molecule has 0 bridgehead atoms. The quantitative estimate of drug-likeness (QED) is 0.223. The molecule has 0 aliphatic heterocycles. The smallest absolute Gasteiger partial charge is 0.191 e. The molecule has 1 saturated carbocycles. The van der Waals surface area contributed by atoms with Gasteiger partial charge in [0, 0.05) is 18.7 Å². The number of aliphatic hydroxyl groups is 3. The molecule has 0 radical (unpaired) electrons. The summed E-state index contributed by atoms with van der Waals surface area (Å²) in [5.41, 5.74) is 1.41. The summed E-state index contributed by atoms with van der Waals surface area (Å²) in [4.78, 5) is 9.15. The molecule has 0 spiro atoms. The van der Waals surface area contributed by atoms with Gasteiger partial charge in [-0.25, -0.2) is 23.4 Å². The highest BCUT2D eigenvalue weighted by atomic mass is 32.2. The predicted octanol–water partition coefficient (Wildman–Crippen LogP) is 1.70. The number of nitrogens with zero attached hydrogens (tertiary/aromatic N) is 5. The molecule has 3 aromatic rings. The molecule has 4 N–H and O–H groups in total. The van der Waals surface area contributed by atoms with Crippen molar-refractivity contribution in [2.45, 2.75) is 55.7 Å². The predicted molar refractivity (Wildman–Crippen MR) is 125 cm³/mol. The molecule has 2 heterocycles. The van der Waals surface area contributed by atoms with E-state index in [0.717, 1.165) is 24.3 Å². The zero-order chi connectivity index (χ0) is 24.9. The molecule has 1 aliphatic carbocycles. The van der Waals surface area contributed by atoms with Crippen LogP contribution in [0.4, 0.5) is 14.6 Å². The van der Waals surface area contributed by atoms with E-state index in [4.69, 9.17) is 9.84 Å². The molecule has 1 aliphatic rings. The first kappa shape index (κ1) is 25.6. The minimum atomic E-state index is -1.16. The Morgan fingerprint density at radius 1 is 1.20 bits per heavy atom. The molecule has 13 heteroatoms. The lowest BCUT2D eigenvalue weighted by Crippen LogP contribution is -2.33. The van der Waals surface area contributed by atoms with Gasteiger partial charge in [-0.05, 0) is 30.5 Å². The Morgan fingerprint density at radius 2 is 2.03 bits per heavy atom. The number of hydrogen-bond donors (Lipinski definition) is 4. The summed E-state index contributed by atoms with van der Waals surface area (Å²) >= 11 is 1.46. The number of fused-ring (bicyclic) bond motifs is 1. The molecule has 0 unspecified atom stereocenters. The van der Waals surface area contributed by atoms with Crippen LogP contribution in [0.3, 0.4) is 0 Å². The van der Waals surface area contributed by atoms with Crippen LogP contribution in [0.25, 0.3) is 11.2 Å². The highest BCUT2D eigenvalue weighted by molar-refractivity contribution is 7.99. The van der Waals surface area contributed by atoms with Crippen molar-refractivity contribution in [3.05, 3.63) is 35.4 Å². The number of nitrogens with one attached hydrogen (secondary N) is 1. The van der Waals surface area contributed by atoms with Gasteiger partial charge in [0.1, 0.15) is 12.2 Å². The van der Waals surface area contributed by atoms with Crippen LogP contribution < -0.4 is 5.32 Å². The molecule has 4 rings (SSSR count). The largest absolute Gasteiger partial charge is 0.394 e. The summed E-state index contributed by atoms with van der Waals surface area (Å²) in [6.07, 6.45) is -1.36. The van der Waals surface area contributed by atoms with Crippen molar-refractivity contribution in [1.29, 1.82) is 0 Å². The maximum atomic E-state index is 13.5. The molecule has 10 nitrogen and oxygen atoms in total. The number of ether oxygens (including phenoxy) is 1. The summed E-state index contributed by atoms with van der Waals surface area (Å²) in [7, 11) is 0. The maximum absolute atomic E-state index is 13.5. The van der Waals surface area contributed by atoms with E-state index < -0.39 is 36.0 Å². The standard InChI is InChI=1S/C22H28F2N6O4S/c1-2-9-35-22-26-20(25-6-5-12-3-4-13(23)14(24)10-12)17-21(27-22)30(29-28-17)15-11-16(34-8-7-31)19(33)18(15)32/h3-4,10,15-16,18-19,31-33H,2,5-9,11H2,1H3,(H,25,26,27)/t15-,16+,18+,19-/m1/s1. The van der Waals surface area contributed by atoms with Crippen LogP contribution in [0.15, 0.2) is 23.4 Å². The summed E-state index contributed by atoms with van der Waals surface area (Å²) in [6.45, 7) is 2.28. The third kappa shape index (κ3) is 5.70. The molecule has 1 fully saturated rings. The van der Waals surface area contributed by atoms with Crippen LogP contribution in [0.2, 0.25) is 0 Å². The summed E-state index contributed by atoms with van der Waals surface area (Å²) < 4.78 is 33.7. The minimum absolute atomic E-state index is 0.0469. The monoisotopic (exact) mass is 510 g/mol. The molecule has 0 amide bonds. The van der Waals surface area contributed by atoms with Crippen molar-refractivity contribution in [3.8, 4) is 0 Å². The van der Waals surface area contributed by atoms with Gasteiger partial charge >= 0.3 is 0 Å². The van der Waals surface area contributed by atoms with Crippen molar-refractivity contribution in [3.63, 3.8) is 0 Å². The minimum Gasteiger partial charge on any atom is -0.394 e. The highest BCUT2D eigenvalue weighted by Crippen LogP contribution is 2.35. The molecule has 190 valence electrons. The molecule has 35 heavy (non-hydrogen) atoms. The number of benzene rings is 1. The fraction of sp³-hybridized carbons (Fsp3) is 0.545. The first-order valence-corrected chi connectivity index (χ1v) is 12.4. The number of anilines is 1. The number of thioether (sulfide) groups is 1. The summed E-state index contributed by atoms with van der Waals surface area (Å²) in [6, 6.07) is 3.15. The Kier molecular flexibility index (Phi) is 8.44. The first-order chi connectivity index (χ1) is 16.9. The second kappa shape index (κ2) is 11.5. The number of rotatable bonds is 11. The van der Waals surface area contributed by atoms with E-state index in [9.17, 15) is 19.0 Å². The van der Waals surface area contributed by atoms with Gasteiger partial charge in [-0.2, -0.15) is 0 Å². The van der Waals surface area contributed by atoms with E-state index >= 15 is 0 Å². The fourth-order valence-electron chi connectivity index (χ4n) is 4.01. The lowest BCUT2D eigenvalue weighted by molar-refractivity contribution is -0.0629. The van der Waals surface area contributed by atoms with Crippen molar-refractivity contribution >= 4 is 28.7 Å². The SMILES string of the molecule is CCCSc1nc(NCCc2ccc(F)c(F)c2)c2nnn([C@@H]3C[C@H](OCCO)[C@@H](O)[C@H]3O)c2n1. The Balaban J connectivity index is 1.58. The molecule has 4 atom stereocenters.